The second-order valence-corrected chi connectivity index (χ2v) is 1.63. The Labute approximate surface area is 50.2 Å². The highest BCUT2D eigenvalue weighted by molar-refractivity contribution is 6.36. The summed E-state index contributed by atoms with van der Waals surface area (Å²) < 4.78 is 10.4. The molecule has 0 atom stereocenters. The van der Waals surface area contributed by atoms with Gasteiger partial charge in [-0.25, -0.2) is 5.26 Å². The third-order valence-electron chi connectivity index (χ3n) is 0.0598. The van der Waals surface area contributed by atoms with Crippen LogP contribution in [0.4, 0.5) is 4.32 Å². The van der Waals surface area contributed by atoms with Crippen molar-refractivity contribution in [2.24, 2.45) is 0 Å². The largest absolute Gasteiger partial charge is 0.445 e. The summed E-state index contributed by atoms with van der Waals surface area (Å²) in [5.74, 6) is 1.26. The molecule has 0 amide bonds. The molecule has 0 unspecified atom stereocenters. The molecule has 0 saturated heterocycles. The van der Waals surface area contributed by atoms with E-state index in [-0.39, 0.29) is 0 Å². The van der Waals surface area contributed by atoms with Crippen LogP contribution < -0.4 is 0 Å². The van der Waals surface area contributed by atoms with Crippen molar-refractivity contribution >= 4 is 7.56 Å². The van der Waals surface area contributed by atoms with Crippen LogP contribution in [-0.4, -0.2) is 33.6 Å². The predicted octanol–water partition coefficient (Wildman–Crippen LogP) is -0.0337. The first-order valence-electron chi connectivity index (χ1n) is 2.19. The molecule has 0 rings (SSSR count). The van der Waals surface area contributed by atoms with E-state index in [1.165, 1.54) is 5.97 Å². The van der Waals surface area contributed by atoms with Crippen molar-refractivity contribution < 1.29 is 4.32 Å². The Balaban J connectivity index is 0. The van der Waals surface area contributed by atoms with Gasteiger partial charge in [-0.05, 0) is 21.1 Å². The van der Waals surface area contributed by atoms with Gasteiger partial charge in [-0.2, -0.15) is 0 Å². The van der Waals surface area contributed by atoms with Crippen LogP contribution in [0.3, 0.4) is 0 Å². The lowest BCUT2D eigenvalue weighted by atomic mass is 10.1. The molecule has 0 N–H and O–H groups in total. The van der Waals surface area contributed by atoms with Gasteiger partial charge in [0.2, 0.25) is 0 Å². The number of halogens is 1. The van der Waals surface area contributed by atoms with Crippen LogP contribution in [0.25, 0.3) is 0 Å². The van der Waals surface area contributed by atoms with Gasteiger partial charge in [0.1, 0.15) is 0 Å². The Morgan fingerprint density at radius 1 is 1.50 bits per heavy atom. The average Bonchev–Trinajstić information content (AvgIpc) is 1.65. The number of hydrogen-bond acceptors (Lipinski definition) is 2. The lowest BCUT2D eigenvalue weighted by Crippen LogP contribution is -1.99. The van der Waals surface area contributed by atoms with Gasteiger partial charge in [-0.3, -0.25) is 0 Å². The maximum absolute atomic E-state index is 10.4. The zero-order chi connectivity index (χ0) is 6.99. The third kappa shape index (κ3) is 543. The van der Waals surface area contributed by atoms with Crippen LogP contribution in [0.2, 0.25) is 0 Å². The van der Waals surface area contributed by atoms with Gasteiger partial charge in [0.05, 0.1) is 0 Å². The number of rotatable bonds is 0. The number of nitrogens with zero attached hydrogens (tertiary/aromatic N) is 2. The fourth-order valence-corrected chi connectivity index (χ4v) is 0. The molecule has 0 radical (unpaired) electrons. The lowest BCUT2D eigenvalue weighted by molar-refractivity contribution is 0.505. The topological polar surface area (TPSA) is 27.0 Å². The molecule has 2 nitrogen and oxygen atoms in total. The molecule has 0 fully saturated rings. The molecule has 0 aromatic carbocycles. The highest BCUT2D eigenvalue weighted by Crippen LogP contribution is 1.47. The summed E-state index contributed by atoms with van der Waals surface area (Å²) in [6.07, 6.45) is 0. The van der Waals surface area contributed by atoms with Gasteiger partial charge in [-0.1, -0.05) is 0 Å². The normalized spacial score (nSPS) is 6.50. The Hall–Kier alpha value is -0.555. The van der Waals surface area contributed by atoms with Crippen molar-refractivity contribution in [1.82, 2.24) is 4.90 Å². The van der Waals surface area contributed by atoms with Gasteiger partial charge in [0.25, 0.3) is 0 Å². The van der Waals surface area contributed by atoms with E-state index in [2.05, 4.69) is 0 Å². The van der Waals surface area contributed by atoms with Crippen molar-refractivity contribution in [1.29, 1.82) is 5.26 Å². The van der Waals surface area contributed by atoms with E-state index in [1.54, 1.807) is 0 Å². The van der Waals surface area contributed by atoms with Crippen molar-refractivity contribution in [2.75, 3.05) is 21.1 Å². The molecule has 0 aliphatic rings. The van der Waals surface area contributed by atoms with Crippen LogP contribution in [-0.2, 0) is 0 Å². The summed E-state index contributed by atoms with van der Waals surface area (Å²) in [5.41, 5.74) is 0. The van der Waals surface area contributed by atoms with Crippen molar-refractivity contribution in [3.8, 4) is 5.97 Å². The highest BCUT2D eigenvalue weighted by atomic mass is 19.1. The third-order valence-corrected chi connectivity index (χ3v) is 0.0598. The second kappa shape index (κ2) is 9.67. The summed E-state index contributed by atoms with van der Waals surface area (Å²) >= 11 is 0. The molecule has 46 valence electrons. The van der Waals surface area contributed by atoms with Gasteiger partial charge in [0, 0.05) is 5.97 Å². The van der Waals surface area contributed by atoms with E-state index in [1.807, 2.05) is 26.0 Å². The smallest absolute Gasteiger partial charge is 0.319 e. The minimum atomic E-state index is -0.875. The number of nitriles is 1. The maximum atomic E-state index is 10.4. The van der Waals surface area contributed by atoms with E-state index in [0.717, 1.165) is 0 Å². The number of hydrogen-bond donors (Lipinski definition) is 0. The van der Waals surface area contributed by atoms with Gasteiger partial charge in [-0.15, -0.1) is 0 Å². The van der Waals surface area contributed by atoms with Crippen LogP contribution in [0.15, 0.2) is 0 Å². The molecule has 0 heterocycles. The first kappa shape index (κ1) is 10.4. The first-order chi connectivity index (χ1) is 3.65. The van der Waals surface area contributed by atoms with Crippen molar-refractivity contribution in [3.05, 3.63) is 0 Å². The SMILES string of the molecule is CN(C)C.N#CBF. The Morgan fingerprint density at radius 3 is 1.62 bits per heavy atom. The van der Waals surface area contributed by atoms with E-state index in [0.29, 0.717) is 0 Å². The van der Waals surface area contributed by atoms with Gasteiger partial charge < -0.3 is 9.22 Å². The molecule has 4 heteroatoms. The van der Waals surface area contributed by atoms with Crippen LogP contribution in [0.5, 0.6) is 0 Å². The molecule has 8 heavy (non-hydrogen) atoms. The van der Waals surface area contributed by atoms with E-state index in [4.69, 9.17) is 5.26 Å². The Kier molecular flexibility index (Phi) is 12.6. The zero-order valence-electron chi connectivity index (χ0n) is 5.48. The predicted molar refractivity (Wildman–Crippen MR) is 33.5 cm³/mol. The lowest BCUT2D eigenvalue weighted by Gasteiger charge is -1.90. The van der Waals surface area contributed by atoms with E-state index < -0.39 is 7.56 Å². The van der Waals surface area contributed by atoms with Gasteiger partial charge in [0.15, 0.2) is 0 Å². The molecular weight excluding hydrogens is 106 g/mol. The summed E-state index contributed by atoms with van der Waals surface area (Å²) in [7, 11) is 5.12. The van der Waals surface area contributed by atoms with Crippen molar-refractivity contribution in [3.63, 3.8) is 0 Å². The fourth-order valence-electron chi connectivity index (χ4n) is 0. The van der Waals surface area contributed by atoms with Crippen LogP contribution in [0, 0.1) is 11.2 Å². The first-order valence-corrected chi connectivity index (χ1v) is 2.19. The summed E-state index contributed by atoms with van der Waals surface area (Å²) in [4.78, 5) is 2.00. The average molecular weight is 116 g/mol. The molecule has 0 saturated carbocycles. The summed E-state index contributed by atoms with van der Waals surface area (Å²) in [5, 5.41) is 7.25. The molecular formula is C4H10BFN2. The molecule has 0 aliphatic heterocycles. The van der Waals surface area contributed by atoms with Gasteiger partial charge >= 0.3 is 7.56 Å². The quantitative estimate of drug-likeness (QED) is 0.415. The molecule has 0 spiro atoms. The Morgan fingerprint density at radius 2 is 1.62 bits per heavy atom. The molecule has 0 aromatic heterocycles. The summed E-state index contributed by atoms with van der Waals surface area (Å²) in [6.45, 7) is 0. The molecule has 0 aromatic rings. The van der Waals surface area contributed by atoms with E-state index in [9.17, 15) is 4.32 Å². The zero-order valence-corrected chi connectivity index (χ0v) is 5.48. The van der Waals surface area contributed by atoms with E-state index >= 15 is 0 Å². The maximum Gasteiger partial charge on any atom is 0.445 e. The fraction of sp³-hybridized carbons (Fsp3) is 0.750. The van der Waals surface area contributed by atoms with Crippen molar-refractivity contribution in [2.45, 2.75) is 0 Å². The highest BCUT2D eigenvalue weighted by Gasteiger charge is 1.65. The standard InChI is InChI=1S/C3H9N.CHBFN/c1-4(2)3;3-2-1-4/h1-3H3;2H. The van der Waals surface area contributed by atoms with Crippen LogP contribution >= 0.6 is 0 Å². The molecule has 0 bridgehead atoms. The minimum Gasteiger partial charge on any atom is -0.319 e. The molecule has 0 aliphatic carbocycles. The Bertz CT molecular complexity index is 66.2. The van der Waals surface area contributed by atoms with Crippen LogP contribution in [0.1, 0.15) is 0 Å². The summed E-state index contributed by atoms with van der Waals surface area (Å²) in [6, 6.07) is 0. The monoisotopic (exact) mass is 116 g/mol. The minimum absolute atomic E-state index is 0.875. The second-order valence-electron chi connectivity index (χ2n) is 1.63.